The van der Waals surface area contributed by atoms with E-state index in [1.807, 2.05) is 0 Å². The highest BCUT2D eigenvalue weighted by molar-refractivity contribution is 7.88. The van der Waals surface area contributed by atoms with Gasteiger partial charge in [0, 0.05) is 6.92 Å². The number of rotatable bonds is 3. The van der Waals surface area contributed by atoms with Crippen LogP contribution in [0.5, 0.6) is 0 Å². The normalized spacial score (nSPS) is 20.6. The van der Waals surface area contributed by atoms with Crippen LogP contribution < -0.4 is 4.72 Å². The summed E-state index contributed by atoms with van der Waals surface area (Å²) in [5, 5.41) is 3.92. The maximum atomic E-state index is 11.6. The van der Waals surface area contributed by atoms with E-state index >= 15 is 0 Å². The van der Waals surface area contributed by atoms with Crippen LogP contribution in [-0.4, -0.2) is 24.8 Å². The molecule has 0 unspecified atom stereocenters. The molecular weight excluding hydrogens is 254 g/mol. The molecule has 18 heavy (non-hydrogen) atoms. The molecule has 1 aromatic heterocycles. The Balaban J connectivity index is 2.37. The summed E-state index contributed by atoms with van der Waals surface area (Å²) >= 11 is 0. The van der Waals surface area contributed by atoms with E-state index in [2.05, 4.69) is 14.9 Å². The summed E-state index contributed by atoms with van der Waals surface area (Å²) in [6, 6.07) is 0. The zero-order valence-corrected chi connectivity index (χ0v) is 11.6. The van der Waals surface area contributed by atoms with Crippen molar-refractivity contribution in [2.75, 3.05) is 6.26 Å². The standard InChI is InChI=1S/C11H19N3O3S/c1-9-12-10(13-17-9)11(14-18(2,15)16)7-5-3-4-6-8-11/h14H,3-8H2,1-2H3. The highest BCUT2D eigenvalue weighted by Crippen LogP contribution is 2.35. The number of hydrogen-bond acceptors (Lipinski definition) is 5. The molecule has 0 aromatic carbocycles. The van der Waals surface area contributed by atoms with Crippen molar-refractivity contribution in [2.45, 2.75) is 51.0 Å². The number of aryl methyl sites for hydroxylation is 1. The molecule has 0 atom stereocenters. The Morgan fingerprint density at radius 3 is 2.28 bits per heavy atom. The fraction of sp³-hybridized carbons (Fsp3) is 0.818. The number of nitrogens with zero attached hydrogens (tertiary/aromatic N) is 2. The molecule has 7 heteroatoms. The van der Waals surface area contributed by atoms with Gasteiger partial charge in [-0.2, -0.15) is 4.98 Å². The Morgan fingerprint density at radius 1 is 1.22 bits per heavy atom. The van der Waals surface area contributed by atoms with Crippen molar-refractivity contribution in [1.29, 1.82) is 0 Å². The summed E-state index contributed by atoms with van der Waals surface area (Å²) in [5.41, 5.74) is -0.693. The van der Waals surface area contributed by atoms with E-state index in [1.165, 1.54) is 6.26 Å². The molecular formula is C11H19N3O3S. The Hall–Kier alpha value is -0.950. The van der Waals surface area contributed by atoms with Gasteiger partial charge in [-0.05, 0) is 12.8 Å². The van der Waals surface area contributed by atoms with E-state index in [9.17, 15) is 8.42 Å². The molecule has 6 nitrogen and oxygen atoms in total. The van der Waals surface area contributed by atoms with E-state index in [4.69, 9.17) is 4.52 Å². The zero-order chi connectivity index (χ0) is 13.2. The Bertz CT molecular complexity index is 501. The predicted octanol–water partition coefficient (Wildman–Crippen LogP) is 1.48. The van der Waals surface area contributed by atoms with Crippen molar-refractivity contribution < 1.29 is 12.9 Å². The lowest BCUT2D eigenvalue weighted by atomic mass is 9.91. The Kier molecular flexibility index (Phi) is 3.72. The molecule has 102 valence electrons. The second-order valence-electron chi connectivity index (χ2n) is 5.01. The molecule has 1 heterocycles. The minimum absolute atomic E-state index is 0.462. The second-order valence-corrected chi connectivity index (χ2v) is 6.76. The molecule has 1 aliphatic rings. The highest BCUT2D eigenvalue weighted by Gasteiger charge is 2.39. The smallest absolute Gasteiger partial charge is 0.223 e. The first-order chi connectivity index (χ1) is 8.41. The molecule has 1 fully saturated rings. The van der Waals surface area contributed by atoms with E-state index in [0.29, 0.717) is 11.7 Å². The first-order valence-corrected chi connectivity index (χ1v) is 8.10. The Morgan fingerprint density at radius 2 is 1.83 bits per heavy atom. The van der Waals surface area contributed by atoms with Crippen LogP contribution in [0.1, 0.15) is 50.2 Å². The van der Waals surface area contributed by atoms with Crippen LogP contribution in [0, 0.1) is 6.92 Å². The lowest BCUT2D eigenvalue weighted by Crippen LogP contribution is -2.45. The van der Waals surface area contributed by atoms with Crippen molar-refractivity contribution >= 4 is 10.0 Å². The molecule has 1 saturated carbocycles. The van der Waals surface area contributed by atoms with Crippen LogP contribution in [0.2, 0.25) is 0 Å². The fourth-order valence-electron chi connectivity index (χ4n) is 2.55. The molecule has 0 spiro atoms. The van der Waals surface area contributed by atoms with Crippen LogP contribution in [0.3, 0.4) is 0 Å². The first kappa shape index (κ1) is 13.5. The number of sulfonamides is 1. The van der Waals surface area contributed by atoms with Gasteiger partial charge < -0.3 is 4.52 Å². The lowest BCUT2D eigenvalue weighted by Gasteiger charge is -2.29. The van der Waals surface area contributed by atoms with Gasteiger partial charge in [-0.25, -0.2) is 13.1 Å². The quantitative estimate of drug-likeness (QED) is 0.843. The van der Waals surface area contributed by atoms with E-state index < -0.39 is 15.6 Å². The third kappa shape index (κ3) is 3.08. The monoisotopic (exact) mass is 273 g/mol. The molecule has 0 amide bonds. The van der Waals surface area contributed by atoms with Crippen LogP contribution in [0.4, 0.5) is 0 Å². The van der Waals surface area contributed by atoms with Gasteiger partial charge in [0.05, 0.1) is 11.8 Å². The second kappa shape index (κ2) is 4.97. The van der Waals surface area contributed by atoms with Crippen LogP contribution in [0.25, 0.3) is 0 Å². The van der Waals surface area contributed by atoms with Crippen LogP contribution >= 0.6 is 0 Å². The van der Waals surface area contributed by atoms with Gasteiger partial charge in [0.15, 0.2) is 5.82 Å². The van der Waals surface area contributed by atoms with E-state index in [1.54, 1.807) is 6.92 Å². The van der Waals surface area contributed by atoms with Gasteiger partial charge in [-0.3, -0.25) is 0 Å². The molecule has 0 aliphatic heterocycles. The van der Waals surface area contributed by atoms with Gasteiger partial charge >= 0.3 is 0 Å². The zero-order valence-electron chi connectivity index (χ0n) is 10.8. The molecule has 1 aromatic rings. The van der Waals surface area contributed by atoms with Crippen molar-refractivity contribution in [1.82, 2.24) is 14.9 Å². The summed E-state index contributed by atoms with van der Waals surface area (Å²) in [7, 11) is -3.31. The van der Waals surface area contributed by atoms with Crippen molar-refractivity contribution in [2.24, 2.45) is 0 Å². The predicted molar refractivity (Wildman–Crippen MR) is 66.4 cm³/mol. The summed E-state index contributed by atoms with van der Waals surface area (Å²) in [5.74, 6) is 0.927. The highest BCUT2D eigenvalue weighted by atomic mass is 32.2. The maximum absolute atomic E-state index is 11.6. The third-order valence-electron chi connectivity index (χ3n) is 3.29. The Labute approximate surface area is 107 Å². The van der Waals surface area contributed by atoms with E-state index in [0.717, 1.165) is 38.5 Å². The van der Waals surface area contributed by atoms with E-state index in [-0.39, 0.29) is 0 Å². The summed E-state index contributed by atoms with van der Waals surface area (Å²) in [4.78, 5) is 4.23. The summed E-state index contributed by atoms with van der Waals surface area (Å²) < 4.78 is 30.9. The minimum atomic E-state index is -3.31. The lowest BCUT2D eigenvalue weighted by molar-refractivity contribution is 0.302. The number of nitrogens with one attached hydrogen (secondary N) is 1. The minimum Gasteiger partial charge on any atom is -0.340 e. The molecule has 1 aliphatic carbocycles. The van der Waals surface area contributed by atoms with Gasteiger partial charge in [-0.15, -0.1) is 0 Å². The molecule has 1 N–H and O–H groups in total. The SMILES string of the molecule is Cc1nc(C2(NS(C)(=O)=O)CCCCCC2)no1. The maximum Gasteiger partial charge on any atom is 0.223 e. The largest absolute Gasteiger partial charge is 0.340 e. The summed E-state index contributed by atoms with van der Waals surface area (Å²) in [6.45, 7) is 1.71. The number of aromatic nitrogens is 2. The van der Waals surface area contributed by atoms with Gasteiger partial charge in [-0.1, -0.05) is 30.8 Å². The molecule has 0 bridgehead atoms. The molecule has 0 saturated heterocycles. The first-order valence-electron chi connectivity index (χ1n) is 6.21. The molecule has 2 rings (SSSR count). The number of hydrogen-bond donors (Lipinski definition) is 1. The van der Waals surface area contributed by atoms with Gasteiger partial charge in [0.1, 0.15) is 0 Å². The average molecular weight is 273 g/mol. The van der Waals surface area contributed by atoms with Crippen LogP contribution in [0.15, 0.2) is 4.52 Å². The van der Waals surface area contributed by atoms with Crippen molar-refractivity contribution in [3.8, 4) is 0 Å². The van der Waals surface area contributed by atoms with Gasteiger partial charge in [0.2, 0.25) is 15.9 Å². The van der Waals surface area contributed by atoms with Crippen molar-refractivity contribution in [3.05, 3.63) is 11.7 Å². The van der Waals surface area contributed by atoms with Crippen LogP contribution in [-0.2, 0) is 15.6 Å². The van der Waals surface area contributed by atoms with Gasteiger partial charge in [0.25, 0.3) is 0 Å². The average Bonchev–Trinajstić information content (AvgIpc) is 2.55. The van der Waals surface area contributed by atoms with Crippen molar-refractivity contribution in [3.63, 3.8) is 0 Å². The molecule has 0 radical (unpaired) electrons. The third-order valence-corrected chi connectivity index (χ3v) is 4.06. The summed E-state index contributed by atoms with van der Waals surface area (Å²) in [6.07, 6.45) is 6.78. The topological polar surface area (TPSA) is 85.1 Å². The fourth-order valence-corrected chi connectivity index (χ4v) is 3.56.